The lowest BCUT2D eigenvalue weighted by Crippen LogP contribution is -2.08. The van der Waals surface area contributed by atoms with Crippen molar-refractivity contribution in [3.8, 4) is 5.88 Å². The van der Waals surface area contributed by atoms with Crippen molar-refractivity contribution in [1.82, 2.24) is 9.97 Å². The van der Waals surface area contributed by atoms with Crippen LogP contribution in [-0.2, 0) is 4.79 Å². The highest BCUT2D eigenvalue weighted by molar-refractivity contribution is 6.28. The number of nitrogens with zero attached hydrogens (tertiary/aromatic N) is 2. The third kappa shape index (κ3) is 3.18. The maximum Gasteiger partial charge on any atom is 0.227 e. The van der Waals surface area contributed by atoms with Gasteiger partial charge >= 0.3 is 0 Å². The maximum absolute atomic E-state index is 10.7. The minimum Gasteiger partial charge on any atom is -0.478 e. The van der Waals surface area contributed by atoms with Crippen LogP contribution in [-0.4, -0.2) is 22.5 Å². The van der Waals surface area contributed by atoms with Gasteiger partial charge in [0.05, 0.1) is 6.61 Å². The van der Waals surface area contributed by atoms with Gasteiger partial charge in [0.2, 0.25) is 17.1 Å². The molecule has 0 saturated carbocycles. The number of hydrogen-bond acceptors (Lipinski definition) is 4. The van der Waals surface area contributed by atoms with Crippen LogP contribution in [0.3, 0.4) is 0 Å². The highest BCUT2D eigenvalue weighted by atomic mass is 35.5. The van der Waals surface area contributed by atoms with Gasteiger partial charge in [0.25, 0.3) is 0 Å². The minimum atomic E-state index is -0.220. The van der Waals surface area contributed by atoms with E-state index in [-0.39, 0.29) is 11.2 Å². The number of anilines is 1. The summed E-state index contributed by atoms with van der Waals surface area (Å²) in [6, 6.07) is 1.51. The second-order valence-electron chi connectivity index (χ2n) is 2.47. The Morgan fingerprint density at radius 2 is 2.36 bits per heavy atom. The molecule has 0 saturated heterocycles. The molecule has 1 aromatic rings. The number of rotatable bonds is 3. The number of halogens is 1. The predicted octanol–water partition coefficient (Wildman–Crippen LogP) is 1.49. The molecule has 0 atom stereocenters. The molecule has 0 aliphatic heterocycles. The zero-order valence-corrected chi connectivity index (χ0v) is 8.63. The smallest absolute Gasteiger partial charge is 0.227 e. The normalized spacial score (nSPS) is 9.64. The van der Waals surface area contributed by atoms with Gasteiger partial charge in [-0.15, -0.1) is 0 Å². The number of carbonyl (C=O) groups is 1. The Bertz CT molecular complexity index is 343. The number of ether oxygens (including phenoxy) is 1. The summed E-state index contributed by atoms with van der Waals surface area (Å²) in [6.45, 7) is 3.69. The molecule has 14 heavy (non-hydrogen) atoms. The van der Waals surface area contributed by atoms with E-state index in [1.54, 1.807) is 0 Å². The Morgan fingerprint density at radius 3 is 2.93 bits per heavy atom. The summed E-state index contributed by atoms with van der Waals surface area (Å²) >= 11 is 5.62. The van der Waals surface area contributed by atoms with Gasteiger partial charge in [0, 0.05) is 13.0 Å². The molecule has 1 heterocycles. The lowest BCUT2D eigenvalue weighted by atomic mass is 10.5. The lowest BCUT2D eigenvalue weighted by molar-refractivity contribution is -0.114. The molecule has 0 aromatic carbocycles. The fraction of sp³-hybridized carbons (Fsp3) is 0.375. The van der Waals surface area contributed by atoms with Crippen LogP contribution in [0.1, 0.15) is 13.8 Å². The van der Waals surface area contributed by atoms with E-state index in [0.29, 0.717) is 18.3 Å². The van der Waals surface area contributed by atoms with Crippen molar-refractivity contribution in [2.45, 2.75) is 13.8 Å². The average molecular weight is 216 g/mol. The van der Waals surface area contributed by atoms with E-state index in [1.165, 1.54) is 13.0 Å². The monoisotopic (exact) mass is 215 g/mol. The highest BCUT2D eigenvalue weighted by Gasteiger charge is 2.04. The molecule has 1 amide bonds. The molecule has 1 aromatic heterocycles. The zero-order valence-electron chi connectivity index (χ0n) is 7.87. The molecule has 0 unspecified atom stereocenters. The lowest BCUT2D eigenvalue weighted by Gasteiger charge is -2.05. The van der Waals surface area contributed by atoms with Crippen LogP contribution in [0, 0.1) is 0 Å². The van der Waals surface area contributed by atoms with Gasteiger partial charge in [0.15, 0.2) is 0 Å². The molecule has 6 heteroatoms. The van der Waals surface area contributed by atoms with Crippen molar-refractivity contribution in [3.05, 3.63) is 11.3 Å². The van der Waals surface area contributed by atoms with Crippen LogP contribution in [0.5, 0.6) is 5.88 Å². The molecule has 0 bridgehead atoms. The van der Waals surface area contributed by atoms with Gasteiger partial charge < -0.3 is 10.1 Å². The highest BCUT2D eigenvalue weighted by Crippen LogP contribution is 2.15. The van der Waals surface area contributed by atoms with E-state index >= 15 is 0 Å². The van der Waals surface area contributed by atoms with Gasteiger partial charge in [-0.05, 0) is 18.5 Å². The first kappa shape index (κ1) is 10.7. The number of carbonyl (C=O) groups excluding carboxylic acids is 1. The SMILES string of the molecule is CCOc1cc(NC(C)=O)nc(Cl)n1. The third-order valence-corrected chi connectivity index (χ3v) is 1.44. The fourth-order valence-corrected chi connectivity index (χ4v) is 1.04. The summed E-state index contributed by atoms with van der Waals surface area (Å²) in [7, 11) is 0. The Hall–Kier alpha value is -1.36. The molecular formula is C8H10ClN3O2. The predicted molar refractivity (Wildman–Crippen MR) is 52.5 cm³/mol. The standard InChI is InChI=1S/C8H10ClN3O2/c1-3-14-7-4-6(10-5(2)13)11-8(9)12-7/h4H,3H2,1-2H3,(H,10,11,12,13). The molecule has 0 aliphatic rings. The van der Waals surface area contributed by atoms with E-state index in [2.05, 4.69) is 15.3 Å². The van der Waals surface area contributed by atoms with E-state index < -0.39 is 0 Å². The quantitative estimate of drug-likeness (QED) is 0.776. The summed E-state index contributed by atoms with van der Waals surface area (Å²) in [5.74, 6) is 0.458. The van der Waals surface area contributed by atoms with Crippen molar-refractivity contribution in [3.63, 3.8) is 0 Å². The van der Waals surface area contributed by atoms with E-state index in [4.69, 9.17) is 16.3 Å². The van der Waals surface area contributed by atoms with Gasteiger partial charge in [-0.25, -0.2) is 4.98 Å². The summed E-state index contributed by atoms with van der Waals surface area (Å²) in [6.07, 6.45) is 0. The van der Waals surface area contributed by atoms with Gasteiger partial charge in [-0.3, -0.25) is 4.79 Å². The van der Waals surface area contributed by atoms with Crippen LogP contribution < -0.4 is 10.1 Å². The maximum atomic E-state index is 10.7. The van der Waals surface area contributed by atoms with Gasteiger partial charge in [0.1, 0.15) is 5.82 Å². The number of aromatic nitrogens is 2. The second-order valence-corrected chi connectivity index (χ2v) is 2.81. The van der Waals surface area contributed by atoms with Crippen molar-refractivity contribution in [1.29, 1.82) is 0 Å². The number of hydrogen-bond donors (Lipinski definition) is 1. The van der Waals surface area contributed by atoms with Crippen molar-refractivity contribution in [2.24, 2.45) is 0 Å². The fourth-order valence-electron chi connectivity index (χ4n) is 0.863. The first-order chi connectivity index (χ1) is 6.61. The number of nitrogens with one attached hydrogen (secondary N) is 1. The van der Waals surface area contributed by atoms with Crippen molar-refractivity contribution >= 4 is 23.3 Å². The molecule has 0 fully saturated rings. The topological polar surface area (TPSA) is 64.1 Å². The van der Waals surface area contributed by atoms with Crippen LogP contribution in [0.2, 0.25) is 5.28 Å². The van der Waals surface area contributed by atoms with Crippen LogP contribution in [0.15, 0.2) is 6.07 Å². The third-order valence-electron chi connectivity index (χ3n) is 1.27. The second kappa shape index (κ2) is 4.76. The van der Waals surface area contributed by atoms with Gasteiger partial charge in [-0.1, -0.05) is 0 Å². The van der Waals surface area contributed by atoms with Crippen LogP contribution >= 0.6 is 11.6 Å². The Labute approximate surface area is 86.5 Å². The Morgan fingerprint density at radius 1 is 1.64 bits per heavy atom. The van der Waals surface area contributed by atoms with E-state index in [9.17, 15) is 4.79 Å². The van der Waals surface area contributed by atoms with Gasteiger partial charge in [-0.2, -0.15) is 4.98 Å². The number of amides is 1. The Balaban J connectivity index is 2.88. The average Bonchev–Trinajstić information content (AvgIpc) is 2.01. The first-order valence-electron chi connectivity index (χ1n) is 4.06. The molecule has 0 aliphatic carbocycles. The molecule has 0 spiro atoms. The molecule has 76 valence electrons. The summed E-state index contributed by atoms with van der Waals surface area (Å²) in [5, 5.41) is 2.53. The first-order valence-corrected chi connectivity index (χ1v) is 4.44. The molecule has 1 rings (SSSR count). The molecule has 1 N–H and O–H groups in total. The van der Waals surface area contributed by atoms with E-state index in [0.717, 1.165) is 0 Å². The summed E-state index contributed by atoms with van der Waals surface area (Å²) in [4.78, 5) is 18.3. The van der Waals surface area contributed by atoms with Crippen molar-refractivity contribution < 1.29 is 9.53 Å². The Kier molecular flexibility index (Phi) is 3.64. The minimum absolute atomic E-state index is 0.0414. The van der Waals surface area contributed by atoms with Crippen LogP contribution in [0.4, 0.5) is 5.82 Å². The molecular weight excluding hydrogens is 206 g/mol. The summed E-state index contributed by atoms with van der Waals surface area (Å²) < 4.78 is 5.12. The van der Waals surface area contributed by atoms with Crippen molar-refractivity contribution in [2.75, 3.05) is 11.9 Å². The zero-order chi connectivity index (χ0) is 10.6. The largest absolute Gasteiger partial charge is 0.478 e. The van der Waals surface area contributed by atoms with E-state index in [1.807, 2.05) is 6.92 Å². The molecule has 0 radical (unpaired) electrons. The molecule has 5 nitrogen and oxygen atoms in total. The summed E-state index contributed by atoms with van der Waals surface area (Å²) in [5.41, 5.74) is 0. The van der Waals surface area contributed by atoms with Crippen LogP contribution in [0.25, 0.3) is 0 Å².